The van der Waals surface area contributed by atoms with E-state index < -0.39 is 0 Å². The summed E-state index contributed by atoms with van der Waals surface area (Å²) in [5.41, 5.74) is 0. The van der Waals surface area contributed by atoms with E-state index in [-0.39, 0.29) is 0 Å². The highest BCUT2D eigenvalue weighted by Crippen LogP contribution is 2.19. The van der Waals surface area contributed by atoms with Crippen LogP contribution in [-0.2, 0) is 0 Å². The maximum Gasteiger partial charge on any atom is 0.0831 e. The molecule has 1 aliphatic rings. The van der Waals surface area contributed by atoms with Gasteiger partial charge in [0.15, 0.2) is 0 Å². The Morgan fingerprint density at radius 2 is 1.67 bits per heavy atom. The van der Waals surface area contributed by atoms with Crippen LogP contribution in [0, 0.1) is 11.8 Å². The van der Waals surface area contributed by atoms with Gasteiger partial charge in [-0.05, 0) is 37.5 Å². The monoisotopic (exact) mass is 210 g/mol. The average molecular weight is 210 g/mol. The summed E-state index contributed by atoms with van der Waals surface area (Å²) >= 11 is 0. The highest BCUT2D eigenvalue weighted by molar-refractivity contribution is 5.58. The van der Waals surface area contributed by atoms with E-state index in [1.54, 1.807) is 0 Å². The minimum atomic E-state index is 0.533. The summed E-state index contributed by atoms with van der Waals surface area (Å²) in [6.45, 7) is 9.16. The van der Waals surface area contributed by atoms with E-state index in [1.165, 1.54) is 25.7 Å². The molecule has 0 saturated heterocycles. The van der Waals surface area contributed by atoms with Crippen molar-refractivity contribution in [3.63, 3.8) is 0 Å². The number of rotatable bonds is 6. The summed E-state index contributed by atoms with van der Waals surface area (Å²) in [5, 5.41) is 3.39. The standard InChI is InChI=1S/C13H26N2/c1-10(2)5-7-12-13(15-9-14-12)8-6-11(3)4/h9-13H,5-8H2,1-4H3,(H,14,15). The van der Waals surface area contributed by atoms with E-state index in [0.717, 1.165) is 11.8 Å². The Morgan fingerprint density at radius 1 is 1.07 bits per heavy atom. The first-order valence-electron chi connectivity index (χ1n) is 6.37. The fourth-order valence-corrected chi connectivity index (χ4v) is 2.02. The molecule has 2 nitrogen and oxygen atoms in total. The molecule has 1 N–H and O–H groups in total. The summed E-state index contributed by atoms with van der Waals surface area (Å²) in [6.07, 6.45) is 7.02. The first-order chi connectivity index (χ1) is 7.09. The molecule has 2 atom stereocenters. The van der Waals surface area contributed by atoms with Gasteiger partial charge in [0.2, 0.25) is 0 Å². The maximum absolute atomic E-state index is 4.53. The minimum Gasteiger partial charge on any atom is -0.372 e. The summed E-state index contributed by atoms with van der Waals surface area (Å²) in [5.74, 6) is 1.60. The summed E-state index contributed by atoms with van der Waals surface area (Å²) < 4.78 is 0. The van der Waals surface area contributed by atoms with Gasteiger partial charge in [-0.1, -0.05) is 27.7 Å². The van der Waals surface area contributed by atoms with Crippen LogP contribution in [0.5, 0.6) is 0 Å². The molecule has 0 spiro atoms. The van der Waals surface area contributed by atoms with Gasteiger partial charge in [0.05, 0.1) is 12.4 Å². The molecule has 15 heavy (non-hydrogen) atoms. The Labute approximate surface area is 94.6 Å². The van der Waals surface area contributed by atoms with Gasteiger partial charge < -0.3 is 5.32 Å². The molecule has 0 bridgehead atoms. The molecule has 88 valence electrons. The number of nitrogens with zero attached hydrogens (tertiary/aromatic N) is 1. The lowest BCUT2D eigenvalue weighted by atomic mass is 9.94. The second kappa shape index (κ2) is 6.14. The molecule has 0 aromatic carbocycles. The molecule has 2 unspecified atom stereocenters. The molecule has 0 aromatic rings. The fraction of sp³-hybridized carbons (Fsp3) is 0.923. The first-order valence-corrected chi connectivity index (χ1v) is 6.37. The van der Waals surface area contributed by atoms with Crippen molar-refractivity contribution in [2.75, 3.05) is 0 Å². The molecular weight excluding hydrogens is 184 g/mol. The van der Waals surface area contributed by atoms with Crippen molar-refractivity contribution in [1.29, 1.82) is 0 Å². The van der Waals surface area contributed by atoms with Gasteiger partial charge in [-0.3, -0.25) is 4.99 Å². The predicted molar refractivity (Wildman–Crippen MR) is 67.3 cm³/mol. The molecule has 0 aliphatic carbocycles. The normalized spacial score (nSPS) is 25.2. The van der Waals surface area contributed by atoms with E-state index in [9.17, 15) is 0 Å². The van der Waals surface area contributed by atoms with Crippen LogP contribution in [0.3, 0.4) is 0 Å². The molecule has 0 radical (unpaired) electrons. The first kappa shape index (κ1) is 12.5. The van der Waals surface area contributed by atoms with Gasteiger partial charge in [-0.25, -0.2) is 0 Å². The van der Waals surface area contributed by atoms with Crippen molar-refractivity contribution in [2.45, 2.75) is 65.5 Å². The molecule has 0 aromatic heterocycles. The third kappa shape index (κ3) is 4.67. The van der Waals surface area contributed by atoms with Gasteiger partial charge in [0.25, 0.3) is 0 Å². The van der Waals surface area contributed by atoms with Crippen molar-refractivity contribution in [3.8, 4) is 0 Å². The lowest BCUT2D eigenvalue weighted by molar-refractivity contribution is 0.400. The highest BCUT2D eigenvalue weighted by Gasteiger charge is 2.23. The zero-order chi connectivity index (χ0) is 11.3. The Balaban J connectivity index is 2.25. The van der Waals surface area contributed by atoms with E-state index in [4.69, 9.17) is 0 Å². The summed E-state index contributed by atoms with van der Waals surface area (Å²) in [6, 6.07) is 1.14. The van der Waals surface area contributed by atoms with E-state index in [1.807, 2.05) is 6.34 Å². The summed E-state index contributed by atoms with van der Waals surface area (Å²) in [7, 11) is 0. The molecule has 1 aliphatic heterocycles. The van der Waals surface area contributed by atoms with Gasteiger partial charge in [-0.15, -0.1) is 0 Å². The Hall–Kier alpha value is -0.530. The zero-order valence-electron chi connectivity index (χ0n) is 10.7. The van der Waals surface area contributed by atoms with Gasteiger partial charge >= 0.3 is 0 Å². The van der Waals surface area contributed by atoms with Crippen LogP contribution in [0.1, 0.15) is 53.4 Å². The smallest absolute Gasteiger partial charge is 0.0831 e. The molecule has 0 saturated carbocycles. The lowest BCUT2D eigenvalue weighted by Crippen LogP contribution is -2.32. The molecule has 2 heteroatoms. The fourth-order valence-electron chi connectivity index (χ4n) is 2.02. The van der Waals surface area contributed by atoms with Gasteiger partial charge in [-0.2, -0.15) is 0 Å². The average Bonchev–Trinajstić information content (AvgIpc) is 2.58. The van der Waals surface area contributed by atoms with Crippen LogP contribution in [0.25, 0.3) is 0 Å². The quantitative estimate of drug-likeness (QED) is 0.715. The van der Waals surface area contributed by atoms with Crippen LogP contribution < -0.4 is 5.32 Å². The van der Waals surface area contributed by atoms with Crippen molar-refractivity contribution < 1.29 is 0 Å². The SMILES string of the molecule is CC(C)CCC1N=CNC1CCC(C)C. The van der Waals surface area contributed by atoms with Crippen LogP contribution in [-0.4, -0.2) is 18.4 Å². The molecular formula is C13H26N2. The second-order valence-corrected chi connectivity index (χ2v) is 5.56. The zero-order valence-corrected chi connectivity index (χ0v) is 10.7. The Morgan fingerprint density at radius 3 is 2.27 bits per heavy atom. The van der Waals surface area contributed by atoms with Crippen LogP contribution >= 0.6 is 0 Å². The van der Waals surface area contributed by atoms with Crippen molar-refractivity contribution in [1.82, 2.24) is 5.32 Å². The van der Waals surface area contributed by atoms with E-state index in [0.29, 0.717) is 12.1 Å². The molecule has 1 rings (SSSR count). The van der Waals surface area contributed by atoms with Gasteiger partial charge in [0.1, 0.15) is 0 Å². The largest absolute Gasteiger partial charge is 0.372 e. The van der Waals surface area contributed by atoms with Crippen LogP contribution in [0.15, 0.2) is 4.99 Å². The number of aliphatic imine (C=N–C) groups is 1. The van der Waals surface area contributed by atoms with Crippen LogP contribution in [0.4, 0.5) is 0 Å². The van der Waals surface area contributed by atoms with E-state index in [2.05, 4.69) is 38.0 Å². The molecule has 0 amide bonds. The van der Waals surface area contributed by atoms with Crippen LogP contribution in [0.2, 0.25) is 0 Å². The third-order valence-corrected chi connectivity index (χ3v) is 3.11. The van der Waals surface area contributed by atoms with Crippen molar-refractivity contribution >= 4 is 6.34 Å². The number of hydrogen-bond donors (Lipinski definition) is 1. The van der Waals surface area contributed by atoms with Crippen molar-refractivity contribution in [2.24, 2.45) is 16.8 Å². The minimum absolute atomic E-state index is 0.533. The predicted octanol–water partition coefficient (Wildman–Crippen LogP) is 3.23. The number of nitrogens with one attached hydrogen (secondary N) is 1. The van der Waals surface area contributed by atoms with E-state index >= 15 is 0 Å². The highest BCUT2D eigenvalue weighted by atomic mass is 15.1. The second-order valence-electron chi connectivity index (χ2n) is 5.56. The topological polar surface area (TPSA) is 24.4 Å². The third-order valence-electron chi connectivity index (χ3n) is 3.11. The summed E-state index contributed by atoms with van der Waals surface area (Å²) in [4.78, 5) is 4.53. The lowest BCUT2D eigenvalue weighted by Gasteiger charge is -2.20. The van der Waals surface area contributed by atoms with Gasteiger partial charge in [0, 0.05) is 6.04 Å². The maximum atomic E-state index is 4.53. The Bertz CT molecular complexity index is 197. The Kier molecular flexibility index (Phi) is 5.13. The van der Waals surface area contributed by atoms with Crippen molar-refractivity contribution in [3.05, 3.63) is 0 Å². The number of hydrogen-bond acceptors (Lipinski definition) is 2. The molecule has 0 fully saturated rings. The molecule has 1 heterocycles.